The molecule has 1 aliphatic carbocycles. The monoisotopic (exact) mass is 377 g/mol. The lowest BCUT2D eigenvalue weighted by Crippen LogP contribution is -2.13. The Morgan fingerprint density at radius 2 is 1.92 bits per heavy atom. The lowest BCUT2D eigenvalue weighted by atomic mass is 10.0. The van der Waals surface area contributed by atoms with Crippen LogP contribution in [0.25, 0.3) is 0 Å². The Hall–Kier alpha value is -1.52. The maximum absolute atomic E-state index is 13.2. The number of hydrogen-bond acceptors (Lipinski definition) is 2. The van der Waals surface area contributed by atoms with E-state index in [4.69, 9.17) is 11.6 Å². The van der Waals surface area contributed by atoms with E-state index in [0.29, 0.717) is 16.5 Å². The molecule has 3 rings (SSSR count). The molecule has 0 radical (unpaired) electrons. The number of amides is 1. The molecule has 5 heteroatoms. The van der Waals surface area contributed by atoms with Crippen molar-refractivity contribution >= 4 is 35.0 Å². The normalized spacial score (nSPS) is 15.2. The standard InChI is InChI=1S/C20H21ClFNOS/c1-13-7-8-14(11-19(13)25-16-5-3-2-4-6-16)20(24)23-15-9-10-18(22)17(21)12-15/h7-12,16H,2-6H2,1H3,(H,23,24). The molecule has 25 heavy (non-hydrogen) atoms. The topological polar surface area (TPSA) is 29.1 Å². The van der Waals surface area contributed by atoms with Crippen molar-refractivity contribution in [3.63, 3.8) is 0 Å². The van der Waals surface area contributed by atoms with E-state index < -0.39 is 5.82 Å². The Morgan fingerprint density at radius 1 is 1.16 bits per heavy atom. The fourth-order valence-corrected chi connectivity index (χ4v) is 4.57. The van der Waals surface area contributed by atoms with Gasteiger partial charge in [-0.05, 0) is 55.7 Å². The molecule has 0 saturated heterocycles. The zero-order valence-corrected chi connectivity index (χ0v) is 15.7. The zero-order chi connectivity index (χ0) is 17.8. The summed E-state index contributed by atoms with van der Waals surface area (Å²) in [7, 11) is 0. The average molecular weight is 378 g/mol. The fraction of sp³-hybridized carbons (Fsp3) is 0.350. The molecular formula is C20H21ClFNOS. The molecule has 0 spiro atoms. The first-order valence-corrected chi connectivity index (χ1v) is 9.82. The molecule has 1 saturated carbocycles. The largest absolute Gasteiger partial charge is 0.322 e. The van der Waals surface area contributed by atoms with E-state index in [-0.39, 0.29) is 10.9 Å². The van der Waals surface area contributed by atoms with Crippen molar-refractivity contribution in [1.29, 1.82) is 0 Å². The third-order valence-corrected chi connectivity index (χ3v) is 6.26. The number of thioether (sulfide) groups is 1. The lowest BCUT2D eigenvalue weighted by Gasteiger charge is -2.22. The fourth-order valence-electron chi connectivity index (χ4n) is 3.01. The molecular weight excluding hydrogens is 357 g/mol. The van der Waals surface area contributed by atoms with Crippen LogP contribution in [-0.2, 0) is 0 Å². The summed E-state index contributed by atoms with van der Waals surface area (Å²) in [5, 5.41) is 3.41. The van der Waals surface area contributed by atoms with Gasteiger partial charge in [0, 0.05) is 21.4 Å². The molecule has 1 aliphatic rings. The van der Waals surface area contributed by atoms with Crippen LogP contribution in [0.3, 0.4) is 0 Å². The maximum atomic E-state index is 13.2. The van der Waals surface area contributed by atoms with Gasteiger partial charge in [0.25, 0.3) is 5.91 Å². The highest BCUT2D eigenvalue weighted by atomic mass is 35.5. The van der Waals surface area contributed by atoms with Gasteiger partial charge in [-0.3, -0.25) is 4.79 Å². The minimum Gasteiger partial charge on any atom is -0.322 e. The number of aryl methyl sites for hydroxylation is 1. The van der Waals surface area contributed by atoms with Gasteiger partial charge in [-0.15, -0.1) is 11.8 Å². The summed E-state index contributed by atoms with van der Waals surface area (Å²) in [5.74, 6) is -0.714. The van der Waals surface area contributed by atoms with E-state index in [9.17, 15) is 9.18 Å². The Morgan fingerprint density at radius 3 is 2.64 bits per heavy atom. The average Bonchev–Trinajstić information content (AvgIpc) is 2.61. The minimum atomic E-state index is -0.499. The predicted octanol–water partition coefficient (Wildman–Crippen LogP) is 6.46. The summed E-state index contributed by atoms with van der Waals surface area (Å²) in [4.78, 5) is 13.7. The number of halogens is 2. The van der Waals surface area contributed by atoms with Gasteiger partial charge in [0.2, 0.25) is 0 Å². The van der Waals surface area contributed by atoms with Gasteiger partial charge in [0.1, 0.15) is 5.82 Å². The van der Waals surface area contributed by atoms with Crippen molar-refractivity contribution in [2.75, 3.05) is 5.32 Å². The molecule has 1 N–H and O–H groups in total. The van der Waals surface area contributed by atoms with Crippen molar-refractivity contribution in [1.82, 2.24) is 0 Å². The number of nitrogens with one attached hydrogen (secondary N) is 1. The van der Waals surface area contributed by atoms with Gasteiger partial charge in [0.15, 0.2) is 0 Å². The maximum Gasteiger partial charge on any atom is 0.255 e. The van der Waals surface area contributed by atoms with Gasteiger partial charge in [0.05, 0.1) is 5.02 Å². The summed E-state index contributed by atoms with van der Waals surface area (Å²) >= 11 is 7.65. The van der Waals surface area contributed by atoms with Crippen LogP contribution < -0.4 is 5.32 Å². The molecule has 1 amide bonds. The Labute approximate surface area is 157 Å². The van der Waals surface area contributed by atoms with Crippen molar-refractivity contribution in [3.8, 4) is 0 Å². The Bertz CT molecular complexity index is 774. The first-order chi connectivity index (χ1) is 12.0. The van der Waals surface area contributed by atoms with Gasteiger partial charge in [-0.2, -0.15) is 0 Å². The zero-order valence-electron chi connectivity index (χ0n) is 14.1. The second kappa shape index (κ2) is 8.24. The molecule has 2 nitrogen and oxygen atoms in total. The smallest absolute Gasteiger partial charge is 0.255 e. The molecule has 132 valence electrons. The van der Waals surface area contributed by atoms with E-state index >= 15 is 0 Å². The third kappa shape index (κ3) is 4.77. The Balaban J connectivity index is 1.73. The first kappa shape index (κ1) is 18.3. The van der Waals surface area contributed by atoms with Crippen LogP contribution in [0.1, 0.15) is 48.0 Å². The first-order valence-electron chi connectivity index (χ1n) is 8.56. The van der Waals surface area contributed by atoms with Crippen LogP contribution >= 0.6 is 23.4 Å². The van der Waals surface area contributed by atoms with Crippen LogP contribution in [0.5, 0.6) is 0 Å². The van der Waals surface area contributed by atoms with Crippen LogP contribution in [0.2, 0.25) is 5.02 Å². The number of hydrogen-bond donors (Lipinski definition) is 1. The summed E-state index contributed by atoms with van der Waals surface area (Å²) in [6.45, 7) is 2.08. The quantitative estimate of drug-likeness (QED) is 0.661. The molecule has 2 aromatic rings. The molecule has 2 aromatic carbocycles. The summed E-state index contributed by atoms with van der Waals surface area (Å²) in [6, 6.07) is 9.93. The summed E-state index contributed by atoms with van der Waals surface area (Å²) in [6.07, 6.45) is 6.41. The molecule has 0 bridgehead atoms. The van der Waals surface area contributed by atoms with Gasteiger partial charge >= 0.3 is 0 Å². The number of benzene rings is 2. The van der Waals surface area contributed by atoms with Crippen LogP contribution in [0, 0.1) is 12.7 Å². The number of anilines is 1. The van der Waals surface area contributed by atoms with E-state index in [1.54, 1.807) is 0 Å². The summed E-state index contributed by atoms with van der Waals surface area (Å²) in [5.41, 5.74) is 2.28. The number of carbonyl (C=O) groups excluding carboxylic acids is 1. The van der Waals surface area contributed by atoms with Gasteiger partial charge in [-0.25, -0.2) is 4.39 Å². The van der Waals surface area contributed by atoms with Crippen LogP contribution in [0.15, 0.2) is 41.3 Å². The third-order valence-electron chi connectivity index (χ3n) is 4.47. The molecule has 0 aromatic heterocycles. The van der Waals surface area contributed by atoms with Crippen molar-refractivity contribution in [2.45, 2.75) is 49.2 Å². The number of rotatable bonds is 4. The van der Waals surface area contributed by atoms with E-state index in [2.05, 4.69) is 12.2 Å². The van der Waals surface area contributed by atoms with E-state index in [1.165, 1.54) is 55.9 Å². The SMILES string of the molecule is Cc1ccc(C(=O)Nc2ccc(F)c(Cl)c2)cc1SC1CCCCC1. The molecule has 1 fully saturated rings. The molecule has 0 heterocycles. The van der Waals surface area contributed by atoms with E-state index in [1.807, 2.05) is 30.0 Å². The predicted molar refractivity (Wildman–Crippen MR) is 103 cm³/mol. The minimum absolute atomic E-state index is 0.00440. The van der Waals surface area contributed by atoms with Crippen molar-refractivity contribution in [3.05, 3.63) is 58.4 Å². The molecule has 0 unspecified atom stereocenters. The lowest BCUT2D eigenvalue weighted by molar-refractivity contribution is 0.102. The molecule has 0 aliphatic heterocycles. The highest BCUT2D eigenvalue weighted by Crippen LogP contribution is 2.35. The van der Waals surface area contributed by atoms with E-state index in [0.717, 1.165) is 4.90 Å². The Kier molecular flexibility index (Phi) is 6.02. The van der Waals surface area contributed by atoms with Gasteiger partial charge < -0.3 is 5.32 Å². The summed E-state index contributed by atoms with van der Waals surface area (Å²) < 4.78 is 13.2. The highest BCUT2D eigenvalue weighted by molar-refractivity contribution is 8.00. The highest BCUT2D eigenvalue weighted by Gasteiger charge is 2.17. The van der Waals surface area contributed by atoms with Crippen molar-refractivity contribution in [2.24, 2.45) is 0 Å². The molecule has 0 atom stereocenters. The van der Waals surface area contributed by atoms with Crippen LogP contribution in [0.4, 0.5) is 10.1 Å². The van der Waals surface area contributed by atoms with Crippen molar-refractivity contribution < 1.29 is 9.18 Å². The van der Waals surface area contributed by atoms with Gasteiger partial charge in [-0.1, -0.05) is 36.9 Å². The second-order valence-electron chi connectivity index (χ2n) is 6.44. The number of carbonyl (C=O) groups is 1. The van der Waals surface area contributed by atoms with Crippen LogP contribution in [-0.4, -0.2) is 11.2 Å². The second-order valence-corrected chi connectivity index (χ2v) is 8.19.